The van der Waals surface area contributed by atoms with Crippen molar-refractivity contribution in [1.82, 2.24) is 9.88 Å². The van der Waals surface area contributed by atoms with E-state index in [-0.39, 0.29) is 17.9 Å². The van der Waals surface area contributed by atoms with E-state index in [1.807, 2.05) is 26.8 Å². The number of aliphatic hydroxyl groups is 1. The second-order valence-corrected chi connectivity index (χ2v) is 9.15. The molecule has 39 heavy (non-hydrogen) atoms. The molecule has 2 aromatic carbocycles. The lowest BCUT2D eigenvalue weighted by atomic mass is 9.94. The molecule has 8 nitrogen and oxygen atoms in total. The van der Waals surface area contributed by atoms with Crippen LogP contribution in [0.1, 0.15) is 56.3 Å². The van der Waals surface area contributed by atoms with Gasteiger partial charge in [-0.05, 0) is 73.4 Å². The molecule has 1 N–H and O–H groups in total. The van der Waals surface area contributed by atoms with Gasteiger partial charge in [-0.1, -0.05) is 26.0 Å². The zero-order chi connectivity index (χ0) is 27.8. The molecule has 1 fully saturated rings. The Morgan fingerprint density at radius 2 is 1.67 bits per heavy atom. The van der Waals surface area contributed by atoms with E-state index in [4.69, 9.17) is 14.2 Å². The predicted octanol–water partition coefficient (Wildman–Crippen LogP) is 5.68. The van der Waals surface area contributed by atoms with E-state index >= 15 is 0 Å². The molecule has 1 aliphatic heterocycles. The molecule has 0 saturated carbocycles. The van der Waals surface area contributed by atoms with Crippen molar-refractivity contribution in [2.24, 2.45) is 0 Å². The number of ether oxygens (including phenoxy) is 3. The van der Waals surface area contributed by atoms with Gasteiger partial charge in [0.15, 0.2) is 11.5 Å². The number of nitrogens with zero attached hydrogens (tertiary/aromatic N) is 2. The zero-order valence-electron chi connectivity index (χ0n) is 22.6. The molecule has 4 rings (SSSR count). The number of pyridine rings is 1. The van der Waals surface area contributed by atoms with Gasteiger partial charge in [0.25, 0.3) is 11.7 Å². The van der Waals surface area contributed by atoms with Crippen molar-refractivity contribution < 1.29 is 28.9 Å². The van der Waals surface area contributed by atoms with E-state index < -0.39 is 17.7 Å². The number of aliphatic hydroxyl groups excluding tert-OH is 1. The maximum absolute atomic E-state index is 13.4. The minimum absolute atomic E-state index is 0.00999. The SMILES string of the molecule is CCCOc1ccc(/C(O)=C2\C(=O)C(=O)N(Cc3cccnc3)C2c2ccc(OCCC)c(OCC)c2)cc1. The molecule has 1 aliphatic rings. The molecule has 1 unspecified atom stereocenters. The summed E-state index contributed by atoms with van der Waals surface area (Å²) in [5.74, 6) is 0.0427. The first-order chi connectivity index (χ1) is 19.0. The Kier molecular flexibility index (Phi) is 9.20. The minimum Gasteiger partial charge on any atom is -0.507 e. The van der Waals surface area contributed by atoms with Crippen LogP contribution in [0, 0.1) is 0 Å². The van der Waals surface area contributed by atoms with E-state index in [0.717, 1.165) is 18.4 Å². The van der Waals surface area contributed by atoms with E-state index in [9.17, 15) is 14.7 Å². The number of hydrogen-bond acceptors (Lipinski definition) is 7. The van der Waals surface area contributed by atoms with Crippen LogP contribution in [0.5, 0.6) is 17.2 Å². The Morgan fingerprint density at radius 1 is 0.923 bits per heavy atom. The third kappa shape index (κ3) is 6.22. The van der Waals surface area contributed by atoms with E-state index in [1.165, 1.54) is 4.90 Å². The summed E-state index contributed by atoms with van der Waals surface area (Å²) < 4.78 is 17.3. The molecule has 1 amide bonds. The average molecular weight is 531 g/mol. The van der Waals surface area contributed by atoms with E-state index in [1.54, 1.807) is 60.9 Å². The molecule has 0 bridgehead atoms. The smallest absolute Gasteiger partial charge is 0.295 e. The first-order valence-electron chi connectivity index (χ1n) is 13.3. The number of hydrogen-bond donors (Lipinski definition) is 1. The zero-order valence-corrected chi connectivity index (χ0v) is 22.6. The van der Waals surface area contributed by atoms with Crippen molar-refractivity contribution >= 4 is 17.4 Å². The van der Waals surface area contributed by atoms with Gasteiger partial charge < -0.3 is 24.2 Å². The van der Waals surface area contributed by atoms with Crippen LogP contribution in [-0.4, -0.2) is 46.5 Å². The highest BCUT2D eigenvalue weighted by Crippen LogP contribution is 2.43. The van der Waals surface area contributed by atoms with Crippen molar-refractivity contribution in [3.63, 3.8) is 0 Å². The van der Waals surface area contributed by atoms with Gasteiger partial charge in [0.1, 0.15) is 11.5 Å². The minimum atomic E-state index is -0.847. The number of benzene rings is 2. The van der Waals surface area contributed by atoms with Crippen molar-refractivity contribution in [3.8, 4) is 17.2 Å². The topological polar surface area (TPSA) is 98.2 Å². The molecule has 2 heterocycles. The Balaban J connectivity index is 1.81. The highest BCUT2D eigenvalue weighted by atomic mass is 16.5. The molecule has 204 valence electrons. The number of carbonyl (C=O) groups is 2. The molecular weight excluding hydrogens is 496 g/mol. The number of rotatable bonds is 12. The molecule has 8 heteroatoms. The quantitative estimate of drug-likeness (QED) is 0.183. The van der Waals surface area contributed by atoms with Crippen LogP contribution in [0.15, 0.2) is 72.6 Å². The van der Waals surface area contributed by atoms with Gasteiger partial charge in [-0.25, -0.2) is 0 Å². The third-order valence-corrected chi connectivity index (χ3v) is 6.26. The Hall–Kier alpha value is -4.33. The van der Waals surface area contributed by atoms with Crippen LogP contribution >= 0.6 is 0 Å². The number of Topliss-reactive ketones (excluding diaryl/α,β-unsaturated/α-hetero) is 1. The molecule has 0 spiro atoms. The van der Waals surface area contributed by atoms with Gasteiger partial charge in [0, 0.05) is 24.5 Å². The normalized spacial score (nSPS) is 16.4. The summed E-state index contributed by atoms with van der Waals surface area (Å²) >= 11 is 0. The van der Waals surface area contributed by atoms with Gasteiger partial charge in [-0.2, -0.15) is 0 Å². The lowest BCUT2D eigenvalue weighted by Crippen LogP contribution is -2.29. The number of carbonyl (C=O) groups excluding carboxylic acids is 2. The van der Waals surface area contributed by atoms with Crippen molar-refractivity contribution in [1.29, 1.82) is 0 Å². The largest absolute Gasteiger partial charge is 0.507 e. The van der Waals surface area contributed by atoms with Crippen LogP contribution < -0.4 is 14.2 Å². The van der Waals surface area contributed by atoms with Crippen molar-refractivity contribution in [2.45, 2.75) is 46.2 Å². The molecule has 0 radical (unpaired) electrons. The van der Waals surface area contributed by atoms with Crippen LogP contribution in [0.4, 0.5) is 0 Å². The van der Waals surface area contributed by atoms with Gasteiger partial charge in [-0.3, -0.25) is 14.6 Å². The number of ketones is 1. The van der Waals surface area contributed by atoms with E-state index in [2.05, 4.69) is 4.98 Å². The van der Waals surface area contributed by atoms with Crippen LogP contribution in [0.25, 0.3) is 5.76 Å². The summed E-state index contributed by atoms with van der Waals surface area (Å²) in [6.07, 6.45) is 5.00. The molecule has 1 atom stereocenters. The monoisotopic (exact) mass is 530 g/mol. The highest BCUT2D eigenvalue weighted by molar-refractivity contribution is 6.46. The van der Waals surface area contributed by atoms with E-state index in [0.29, 0.717) is 48.2 Å². The lowest BCUT2D eigenvalue weighted by Gasteiger charge is -2.26. The van der Waals surface area contributed by atoms with Crippen molar-refractivity contribution in [2.75, 3.05) is 19.8 Å². The molecule has 1 aromatic heterocycles. The van der Waals surface area contributed by atoms with Gasteiger partial charge >= 0.3 is 0 Å². The standard InChI is InChI=1S/C31H34N2O6/c1-4-16-38-24-12-9-22(10-13-24)29(34)27-28(23-11-14-25(39-17-5-2)26(18-23)37-6-3)33(31(36)30(27)35)20-21-8-7-15-32-19-21/h7-15,18-19,28,34H,4-6,16-17,20H2,1-3H3/b29-27+. The van der Waals surface area contributed by atoms with Gasteiger partial charge in [0.2, 0.25) is 0 Å². The fourth-order valence-electron chi connectivity index (χ4n) is 4.46. The first-order valence-corrected chi connectivity index (χ1v) is 13.3. The molecule has 3 aromatic rings. The lowest BCUT2D eigenvalue weighted by molar-refractivity contribution is -0.140. The van der Waals surface area contributed by atoms with Gasteiger partial charge in [0.05, 0.1) is 31.4 Å². The fourth-order valence-corrected chi connectivity index (χ4v) is 4.46. The maximum atomic E-state index is 13.4. The molecular formula is C31H34N2O6. The summed E-state index contributed by atoms with van der Waals surface area (Å²) in [6, 6.07) is 14.9. The molecule has 0 aliphatic carbocycles. The first kappa shape index (κ1) is 27.7. The van der Waals surface area contributed by atoms with Crippen LogP contribution in [0.2, 0.25) is 0 Å². The maximum Gasteiger partial charge on any atom is 0.295 e. The summed E-state index contributed by atoms with van der Waals surface area (Å²) in [7, 11) is 0. The number of likely N-dealkylation sites (tertiary alicyclic amines) is 1. The van der Waals surface area contributed by atoms with Crippen LogP contribution in [0.3, 0.4) is 0 Å². The van der Waals surface area contributed by atoms with Crippen LogP contribution in [-0.2, 0) is 16.1 Å². The molecule has 1 saturated heterocycles. The second kappa shape index (κ2) is 13.0. The number of aromatic nitrogens is 1. The number of amides is 1. The third-order valence-electron chi connectivity index (χ3n) is 6.26. The Bertz CT molecular complexity index is 1320. The highest BCUT2D eigenvalue weighted by Gasteiger charge is 2.46. The Labute approximate surface area is 228 Å². The summed E-state index contributed by atoms with van der Waals surface area (Å²) in [5.41, 5.74) is 1.80. The fraction of sp³-hybridized carbons (Fsp3) is 0.323. The Morgan fingerprint density at radius 3 is 2.33 bits per heavy atom. The van der Waals surface area contributed by atoms with Crippen molar-refractivity contribution in [3.05, 3.63) is 89.3 Å². The van der Waals surface area contributed by atoms with Gasteiger partial charge in [-0.15, -0.1) is 0 Å². The average Bonchev–Trinajstić information content (AvgIpc) is 3.21. The summed E-state index contributed by atoms with van der Waals surface area (Å²) in [5, 5.41) is 11.4. The predicted molar refractivity (Wildman–Crippen MR) is 148 cm³/mol. The second-order valence-electron chi connectivity index (χ2n) is 9.15. The summed E-state index contributed by atoms with van der Waals surface area (Å²) in [4.78, 5) is 32.4. The summed E-state index contributed by atoms with van der Waals surface area (Å²) in [6.45, 7) is 7.56.